The van der Waals surface area contributed by atoms with Crippen molar-refractivity contribution in [2.75, 3.05) is 0 Å². The first-order valence-corrected chi connectivity index (χ1v) is 12.0. The highest BCUT2D eigenvalue weighted by molar-refractivity contribution is 6.87. The second-order valence-electron chi connectivity index (χ2n) is 8.31. The van der Waals surface area contributed by atoms with Gasteiger partial charge in [-0.1, -0.05) is 64.2 Å². The molecule has 0 aromatic heterocycles. The molecule has 0 bridgehead atoms. The molecule has 27 heavy (non-hydrogen) atoms. The predicted octanol–water partition coefficient (Wildman–Crippen LogP) is 4.46. The number of carboxylic acids is 1. The van der Waals surface area contributed by atoms with Gasteiger partial charge in [-0.15, -0.1) is 11.5 Å². The van der Waals surface area contributed by atoms with Gasteiger partial charge in [0.1, 0.15) is 14.1 Å². The van der Waals surface area contributed by atoms with E-state index in [9.17, 15) is 14.7 Å². The zero-order valence-electron chi connectivity index (χ0n) is 16.6. The third-order valence-electron chi connectivity index (χ3n) is 5.20. The highest BCUT2D eigenvalue weighted by Gasteiger charge is 2.33. The Hall–Kier alpha value is -2.58. The van der Waals surface area contributed by atoms with Crippen LogP contribution < -0.4 is 5.32 Å². The van der Waals surface area contributed by atoms with Crippen LogP contribution >= 0.6 is 0 Å². The summed E-state index contributed by atoms with van der Waals surface area (Å²) < 4.78 is 0. The molecule has 2 aromatic rings. The van der Waals surface area contributed by atoms with Gasteiger partial charge in [-0.05, 0) is 27.9 Å². The number of benzene rings is 2. The van der Waals surface area contributed by atoms with Gasteiger partial charge < -0.3 is 10.4 Å². The van der Waals surface area contributed by atoms with Crippen molar-refractivity contribution in [3.63, 3.8) is 0 Å². The summed E-state index contributed by atoms with van der Waals surface area (Å²) in [5.41, 5.74) is 3.74. The summed E-state index contributed by atoms with van der Waals surface area (Å²) in [6, 6.07) is 12.0. The van der Waals surface area contributed by atoms with Gasteiger partial charge in [0.05, 0.1) is 0 Å². The summed E-state index contributed by atoms with van der Waals surface area (Å²) in [4.78, 5) is 24.1. The lowest BCUT2D eigenvalue weighted by atomic mass is 10.1. The number of fused-ring (bicyclic) bond motifs is 1. The van der Waals surface area contributed by atoms with Crippen LogP contribution in [0.1, 0.15) is 37.6 Å². The Bertz CT molecular complexity index is 916. The van der Waals surface area contributed by atoms with Crippen molar-refractivity contribution in [1.82, 2.24) is 5.32 Å². The van der Waals surface area contributed by atoms with Gasteiger partial charge in [0.2, 0.25) is 0 Å². The van der Waals surface area contributed by atoms with E-state index in [2.05, 4.69) is 50.6 Å². The molecule has 0 radical (unpaired) electrons. The molecule has 1 amide bonds. The van der Waals surface area contributed by atoms with Crippen molar-refractivity contribution < 1.29 is 14.7 Å². The molecule has 0 saturated carbocycles. The fourth-order valence-corrected chi connectivity index (χ4v) is 3.25. The molecule has 4 nitrogen and oxygen atoms in total. The Balaban J connectivity index is 2.13. The zero-order valence-corrected chi connectivity index (χ0v) is 17.6. The van der Waals surface area contributed by atoms with E-state index < -0.39 is 26.0 Å². The molecule has 5 heteroatoms. The number of amides is 1. The average Bonchev–Trinajstić information content (AvgIpc) is 2.59. The second kappa shape index (κ2) is 7.97. The van der Waals surface area contributed by atoms with E-state index in [0.29, 0.717) is 5.56 Å². The molecular weight excluding hydrogens is 354 g/mol. The first-order valence-electron chi connectivity index (χ1n) is 9.04. The van der Waals surface area contributed by atoms with E-state index in [-0.39, 0.29) is 11.5 Å². The third-order valence-corrected chi connectivity index (χ3v) is 9.75. The lowest BCUT2D eigenvalue weighted by Gasteiger charge is -2.31. The minimum atomic E-state index is -1.81. The van der Waals surface area contributed by atoms with Crippen LogP contribution in [0, 0.1) is 11.5 Å². The number of hydrogen-bond acceptors (Lipinski definition) is 2. The van der Waals surface area contributed by atoms with Crippen molar-refractivity contribution in [1.29, 1.82) is 0 Å². The molecule has 0 aliphatic rings. The molecule has 0 spiro atoms. The maximum atomic E-state index is 12.5. The molecule has 2 rings (SSSR count). The molecular formula is C22H27NO3Si. The third kappa shape index (κ3) is 5.21. The molecule has 0 aliphatic carbocycles. The van der Waals surface area contributed by atoms with Gasteiger partial charge >= 0.3 is 5.97 Å². The van der Waals surface area contributed by atoms with Gasteiger partial charge in [-0.25, -0.2) is 4.79 Å². The van der Waals surface area contributed by atoms with E-state index in [4.69, 9.17) is 0 Å². The number of carbonyl (C=O) groups is 2. The van der Waals surface area contributed by atoms with Gasteiger partial charge in [0, 0.05) is 12.0 Å². The van der Waals surface area contributed by atoms with Crippen molar-refractivity contribution in [3.05, 3.63) is 48.0 Å². The van der Waals surface area contributed by atoms with E-state index in [1.807, 2.05) is 30.3 Å². The minimum Gasteiger partial charge on any atom is -0.480 e. The molecule has 1 atom stereocenters. The summed E-state index contributed by atoms with van der Waals surface area (Å²) in [5.74, 6) is 1.54. The standard InChI is InChI=1S/C22H27NO3Si/c1-22(2,3)27(4,5)14-8-11-19(21(25)26)23-20(24)18-13-12-16-9-6-7-10-17(16)15-18/h6-7,9-10,12-13,15,19H,11H2,1-5H3,(H,23,24)(H,25,26)/t19-/m1/s1. The maximum absolute atomic E-state index is 12.5. The minimum absolute atomic E-state index is 0.0984. The highest BCUT2D eigenvalue weighted by atomic mass is 28.3. The van der Waals surface area contributed by atoms with E-state index >= 15 is 0 Å². The van der Waals surface area contributed by atoms with Crippen LogP contribution in [-0.4, -0.2) is 31.1 Å². The quantitative estimate of drug-likeness (QED) is 0.607. The molecule has 2 aromatic carbocycles. The maximum Gasteiger partial charge on any atom is 0.327 e. The number of carbonyl (C=O) groups excluding carboxylic acids is 1. The van der Waals surface area contributed by atoms with Crippen LogP contribution in [0.4, 0.5) is 0 Å². The van der Waals surface area contributed by atoms with Crippen molar-refractivity contribution in [3.8, 4) is 11.5 Å². The monoisotopic (exact) mass is 381 g/mol. The lowest BCUT2D eigenvalue weighted by Crippen LogP contribution is -2.41. The fourth-order valence-electron chi connectivity index (χ4n) is 2.33. The molecule has 2 N–H and O–H groups in total. The predicted molar refractivity (Wildman–Crippen MR) is 112 cm³/mol. The Morgan fingerprint density at radius 2 is 1.74 bits per heavy atom. The molecule has 0 heterocycles. The van der Waals surface area contributed by atoms with Crippen LogP contribution in [0.5, 0.6) is 0 Å². The first-order chi connectivity index (χ1) is 12.5. The van der Waals surface area contributed by atoms with Crippen LogP contribution in [0.15, 0.2) is 42.5 Å². The van der Waals surface area contributed by atoms with Crippen LogP contribution in [0.2, 0.25) is 18.1 Å². The summed E-state index contributed by atoms with van der Waals surface area (Å²) in [6.45, 7) is 10.8. The SMILES string of the molecule is CC(C)(C)[Si](C)(C)C#CC[C@@H](NC(=O)c1ccc2ccccc2c1)C(=O)O. The molecule has 0 fully saturated rings. The van der Waals surface area contributed by atoms with Crippen LogP contribution in [0.3, 0.4) is 0 Å². The smallest absolute Gasteiger partial charge is 0.327 e. The van der Waals surface area contributed by atoms with Crippen LogP contribution in [-0.2, 0) is 4.79 Å². The van der Waals surface area contributed by atoms with E-state index in [0.717, 1.165) is 10.8 Å². The summed E-state index contributed by atoms with van der Waals surface area (Å²) >= 11 is 0. The molecule has 0 saturated heterocycles. The Morgan fingerprint density at radius 3 is 2.33 bits per heavy atom. The number of rotatable bonds is 4. The van der Waals surface area contributed by atoms with E-state index in [1.54, 1.807) is 12.1 Å². The summed E-state index contributed by atoms with van der Waals surface area (Å²) in [6.07, 6.45) is 0.0984. The second-order valence-corrected chi connectivity index (χ2v) is 13.3. The van der Waals surface area contributed by atoms with E-state index in [1.165, 1.54) is 0 Å². The number of hydrogen-bond donors (Lipinski definition) is 2. The Morgan fingerprint density at radius 1 is 1.11 bits per heavy atom. The van der Waals surface area contributed by atoms with Gasteiger partial charge in [0.25, 0.3) is 5.91 Å². The van der Waals surface area contributed by atoms with Crippen molar-refractivity contribution >= 4 is 30.7 Å². The highest BCUT2D eigenvalue weighted by Crippen LogP contribution is 2.35. The van der Waals surface area contributed by atoms with Crippen molar-refractivity contribution in [2.45, 2.75) is 51.4 Å². The zero-order chi connectivity index (χ0) is 20.2. The number of aliphatic carboxylic acids is 1. The van der Waals surface area contributed by atoms with Gasteiger partial charge in [0.15, 0.2) is 0 Å². The van der Waals surface area contributed by atoms with Gasteiger partial charge in [-0.3, -0.25) is 4.79 Å². The molecule has 0 aliphatic heterocycles. The molecule has 0 unspecified atom stereocenters. The topological polar surface area (TPSA) is 66.4 Å². The lowest BCUT2D eigenvalue weighted by molar-refractivity contribution is -0.139. The van der Waals surface area contributed by atoms with Gasteiger partial charge in [-0.2, -0.15) is 0 Å². The Labute approximate surface area is 162 Å². The largest absolute Gasteiger partial charge is 0.480 e. The molecule has 142 valence electrons. The average molecular weight is 382 g/mol. The Kier molecular flexibility index (Phi) is 6.12. The summed E-state index contributed by atoms with van der Waals surface area (Å²) in [5, 5.41) is 14.1. The number of carboxylic acid groups (broad SMARTS) is 1. The number of nitrogens with one attached hydrogen (secondary N) is 1. The first kappa shape index (κ1) is 20.7. The summed E-state index contributed by atoms with van der Waals surface area (Å²) in [7, 11) is -1.81. The normalized spacial score (nSPS) is 12.8. The van der Waals surface area contributed by atoms with Crippen molar-refractivity contribution in [2.24, 2.45) is 0 Å². The fraction of sp³-hybridized carbons (Fsp3) is 0.364. The van der Waals surface area contributed by atoms with Crippen LogP contribution in [0.25, 0.3) is 10.8 Å².